The molecule has 1 atom stereocenters. The van der Waals surface area contributed by atoms with E-state index < -0.39 is 0 Å². The van der Waals surface area contributed by atoms with Crippen LogP contribution in [-0.2, 0) is 0 Å². The molecule has 0 unspecified atom stereocenters. The molecule has 2 heterocycles. The fourth-order valence-corrected chi connectivity index (χ4v) is 3.46. The van der Waals surface area contributed by atoms with Crippen molar-refractivity contribution in [1.82, 2.24) is 20.2 Å². The van der Waals surface area contributed by atoms with Gasteiger partial charge in [0, 0.05) is 41.9 Å². The summed E-state index contributed by atoms with van der Waals surface area (Å²) < 4.78 is 0. The molecule has 34 heavy (non-hydrogen) atoms. The van der Waals surface area contributed by atoms with Crippen molar-refractivity contribution in [3.8, 4) is 0 Å². The molecule has 2 N–H and O–H groups in total. The zero-order valence-electron chi connectivity index (χ0n) is 20.2. The van der Waals surface area contributed by atoms with Crippen LogP contribution in [0.2, 0.25) is 0 Å². The predicted octanol–water partition coefficient (Wildman–Crippen LogP) is 5.19. The van der Waals surface area contributed by atoms with Gasteiger partial charge in [-0.05, 0) is 75.3 Å². The Morgan fingerprint density at radius 2 is 2.09 bits per heavy atom. The van der Waals surface area contributed by atoms with Crippen LogP contribution >= 0.6 is 0 Å². The van der Waals surface area contributed by atoms with Gasteiger partial charge < -0.3 is 15.2 Å². The average Bonchev–Trinajstić information content (AvgIpc) is 3.36. The molecule has 0 aliphatic rings. The van der Waals surface area contributed by atoms with Crippen LogP contribution in [0.5, 0.6) is 0 Å². The first-order valence-electron chi connectivity index (χ1n) is 11.3. The van der Waals surface area contributed by atoms with Gasteiger partial charge in [0.2, 0.25) is 0 Å². The monoisotopic (exact) mass is 458 g/mol. The molecule has 3 rings (SSSR count). The van der Waals surface area contributed by atoms with Crippen molar-refractivity contribution >= 4 is 23.1 Å². The number of nitrogens with one attached hydrogen (secondary N) is 2. The molecule has 0 aliphatic heterocycles. The molecule has 0 saturated carbocycles. The second kappa shape index (κ2) is 14.4. The van der Waals surface area contributed by atoms with Crippen molar-refractivity contribution in [1.29, 1.82) is 0 Å². The zero-order chi connectivity index (χ0) is 24.8. The van der Waals surface area contributed by atoms with Crippen molar-refractivity contribution in [3.05, 3.63) is 103 Å². The summed E-state index contributed by atoms with van der Waals surface area (Å²) in [5, 5.41) is 4.24. The summed E-state index contributed by atoms with van der Waals surface area (Å²) in [6.45, 7) is 6.76. The Morgan fingerprint density at radius 1 is 1.26 bits per heavy atom. The number of amides is 1. The van der Waals surface area contributed by atoms with Crippen LogP contribution in [0, 0.1) is 0 Å². The van der Waals surface area contributed by atoms with Gasteiger partial charge in [0.25, 0.3) is 5.91 Å². The first kappa shape index (κ1) is 26.5. The quantitative estimate of drug-likeness (QED) is 0.324. The van der Waals surface area contributed by atoms with Crippen LogP contribution in [-0.4, -0.2) is 53.7 Å². The highest BCUT2D eigenvalue weighted by atomic mass is 16.2. The van der Waals surface area contributed by atoms with Gasteiger partial charge in [0.1, 0.15) is 5.69 Å². The standard InChI is InChI=1S/C22H29N3O.C6H5NO/c1-5-7-8-17(6-2)15-20(12-13-23-3)25(4)22(26)19-9-10-21-18(16-19)11-14-24-21;8-5-6-3-1-2-4-7-6/h5-11,14,16,20,23-24H,2,12-13,15H2,1,3-4H3;1-5H/b7-5-,17-8+;/t20-;/m1./s1. The number of hydrogen-bond donors (Lipinski definition) is 2. The highest BCUT2D eigenvalue weighted by Gasteiger charge is 2.21. The highest BCUT2D eigenvalue weighted by Crippen LogP contribution is 2.20. The maximum atomic E-state index is 13.0. The van der Waals surface area contributed by atoms with E-state index in [-0.39, 0.29) is 11.9 Å². The lowest BCUT2D eigenvalue weighted by Crippen LogP contribution is -2.39. The minimum Gasteiger partial charge on any atom is -0.361 e. The molecular weight excluding hydrogens is 424 g/mol. The van der Waals surface area contributed by atoms with Crippen LogP contribution in [0.3, 0.4) is 0 Å². The van der Waals surface area contributed by atoms with E-state index in [1.165, 1.54) is 0 Å². The summed E-state index contributed by atoms with van der Waals surface area (Å²) in [5.74, 6) is 0.0450. The number of rotatable bonds is 10. The molecule has 2 aromatic heterocycles. The Kier molecular flexibility index (Phi) is 11.2. The van der Waals surface area contributed by atoms with Crippen LogP contribution in [0.15, 0.2) is 91.3 Å². The minimum atomic E-state index is 0.0450. The topological polar surface area (TPSA) is 78.1 Å². The molecule has 1 amide bonds. The number of aromatic nitrogens is 2. The third-order valence-electron chi connectivity index (χ3n) is 5.44. The number of hydrogen-bond acceptors (Lipinski definition) is 4. The van der Waals surface area contributed by atoms with E-state index in [1.54, 1.807) is 24.4 Å². The molecule has 0 aliphatic carbocycles. The van der Waals surface area contributed by atoms with E-state index in [9.17, 15) is 9.59 Å². The number of fused-ring (bicyclic) bond motifs is 1. The van der Waals surface area contributed by atoms with Crippen molar-refractivity contribution in [2.24, 2.45) is 0 Å². The van der Waals surface area contributed by atoms with E-state index in [0.29, 0.717) is 11.3 Å². The van der Waals surface area contributed by atoms with E-state index in [4.69, 9.17) is 0 Å². The van der Waals surface area contributed by atoms with E-state index in [2.05, 4.69) is 27.9 Å². The van der Waals surface area contributed by atoms with E-state index >= 15 is 0 Å². The zero-order valence-corrected chi connectivity index (χ0v) is 20.2. The van der Waals surface area contributed by atoms with E-state index in [0.717, 1.165) is 42.1 Å². The molecule has 6 heteroatoms. The number of nitrogens with zero attached hydrogens (tertiary/aromatic N) is 2. The van der Waals surface area contributed by atoms with Gasteiger partial charge in [-0.25, -0.2) is 0 Å². The molecule has 0 saturated heterocycles. The Morgan fingerprint density at radius 3 is 2.71 bits per heavy atom. The Labute approximate surface area is 202 Å². The smallest absolute Gasteiger partial charge is 0.253 e. The molecule has 0 bridgehead atoms. The maximum absolute atomic E-state index is 13.0. The molecule has 0 radical (unpaired) electrons. The van der Waals surface area contributed by atoms with Crippen molar-refractivity contribution in [2.45, 2.75) is 25.8 Å². The highest BCUT2D eigenvalue weighted by molar-refractivity contribution is 5.98. The first-order chi connectivity index (χ1) is 16.5. The lowest BCUT2D eigenvalue weighted by atomic mass is 10.0. The van der Waals surface area contributed by atoms with Gasteiger partial charge in [-0.15, -0.1) is 0 Å². The number of pyridine rings is 1. The third kappa shape index (κ3) is 7.98. The number of aromatic amines is 1. The number of carbonyl (C=O) groups is 2. The second-order valence-corrected chi connectivity index (χ2v) is 7.79. The van der Waals surface area contributed by atoms with Crippen molar-refractivity contribution in [3.63, 3.8) is 0 Å². The van der Waals surface area contributed by atoms with Gasteiger partial charge in [-0.2, -0.15) is 0 Å². The molecule has 0 spiro atoms. The van der Waals surface area contributed by atoms with Gasteiger partial charge in [0.15, 0.2) is 6.29 Å². The van der Waals surface area contributed by atoms with Crippen molar-refractivity contribution < 1.29 is 9.59 Å². The third-order valence-corrected chi connectivity index (χ3v) is 5.44. The molecule has 1 aromatic carbocycles. The molecule has 6 nitrogen and oxygen atoms in total. The maximum Gasteiger partial charge on any atom is 0.253 e. The number of aldehydes is 1. The summed E-state index contributed by atoms with van der Waals surface area (Å²) in [5.41, 5.74) is 3.36. The largest absolute Gasteiger partial charge is 0.361 e. The van der Waals surface area contributed by atoms with Gasteiger partial charge in [-0.1, -0.05) is 36.9 Å². The number of allylic oxidation sites excluding steroid dienone is 4. The summed E-state index contributed by atoms with van der Waals surface area (Å²) in [4.78, 5) is 31.7. The Bertz CT molecular complexity index is 1120. The van der Waals surface area contributed by atoms with Crippen LogP contribution in [0.25, 0.3) is 10.9 Å². The number of H-pyrrole nitrogens is 1. The van der Waals surface area contributed by atoms with Gasteiger partial charge >= 0.3 is 0 Å². The summed E-state index contributed by atoms with van der Waals surface area (Å²) in [6.07, 6.45) is 13.8. The van der Waals surface area contributed by atoms with Crippen LogP contribution in [0.4, 0.5) is 0 Å². The predicted molar refractivity (Wildman–Crippen MR) is 140 cm³/mol. The molecule has 178 valence electrons. The second-order valence-electron chi connectivity index (χ2n) is 7.79. The summed E-state index contributed by atoms with van der Waals surface area (Å²) in [7, 11) is 3.82. The molecule has 3 aromatic rings. The summed E-state index contributed by atoms with van der Waals surface area (Å²) >= 11 is 0. The van der Waals surface area contributed by atoms with Gasteiger partial charge in [0.05, 0.1) is 0 Å². The SMILES string of the molecule is C=C/C(=C\C=C/C)C[C@@H](CCNC)N(C)C(=O)c1ccc2[nH]ccc2c1.O=Cc1ccccn1. The van der Waals surface area contributed by atoms with Gasteiger partial charge in [-0.3, -0.25) is 14.6 Å². The van der Waals surface area contributed by atoms with Crippen LogP contribution in [0.1, 0.15) is 40.6 Å². The number of carbonyl (C=O) groups excluding carboxylic acids is 2. The van der Waals surface area contributed by atoms with E-state index in [1.807, 2.05) is 74.6 Å². The first-order valence-corrected chi connectivity index (χ1v) is 11.3. The fraction of sp³-hybridized carbons (Fsp3) is 0.250. The lowest BCUT2D eigenvalue weighted by Gasteiger charge is -2.29. The Hall–Kier alpha value is -3.77. The normalized spacial score (nSPS) is 12.1. The Balaban J connectivity index is 0.000000430. The summed E-state index contributed by atoms with van der Waals surface area (Å²) in [6, 6.07) is 13.1. The van der Waals surface area contributed by atoms with Crippen molar-refractivity contribution in [2.75, 3.05) is 20.6 Å². The minimum absolute atomic E-state index is 0.0450. The average molecular weight is 459 g/mol. The fourth-order valence-electron chi connectivity index (χ4n) is 3.46. The molecular formula is C28H34N4O2. The van der Waals surface area contributed by atoms with Crippen LogP contribution < -0.4 is 5.32 Å². The number of benzene rings is 1. The lowest BCUT2D eigenvalue weighted by molar-refractivity contribution is 0.0724. The molecule has 0 fully saturated rings.